The van der Waals surface area contributed by atoms with Crippen LogP contribution in [0.25, 0.3) is 10.2 Å². The molecule has 1 amide bonds. The van der Waals surface area contributed by atoms with Crippen molar-refractivity contribution >= 4 is 38.3 Å². The number of nitrogens with zero attached hydrogens (tertiary/aromatic N) is 1. The number of aryl methyl sites for hydroxylation is 1. The van der Waals surface area contributed by atoms with Crippen molar-refractivity contribution in [3.63, 3.8) is 0 Å². The molecule has 1 aromatic heterocycles. The molecule has 0 aliphatic rings. The quantitative estimate of drug-likeness (QED) is 0.743. The predicted octanol–water partition coefficient (Wildman–Crippen LogP) is 3.21. The van der Waals surface area contributed by atoms with E-state index in [-0.39, 0.29) is 12.5 Å². The molecule has 0 spiro atoms. The zero-order valence-corrected chi connectivity index (χ0v) is 14.1. The Morgan fingerprint density at radius 3 is 2.92 bits per heavy atom. The van der Waals surface area contributed by atoms with Crippen LogP contribution in [0.15, 0.2) is 36.4 Å². The van der Waals surface area contributed by atoms with Gasteiger partial charge in [0.05, 0.1) is 11.8 Å². The number of carbonyl (C=O) groups is 1. The summed E-state index contributed by atoms with van der Waals surface area (Å²) in [7, 11) is 1.55. The summed E-state index contributed by atoms with van der Waals surface area (Å²) in [6.07, 6.45) is 0. The molecule has 0 fully saturated rings. The fraction of sp³-hybridized carbons (Fsp3) is 0.176. The molecule has 2 aromatic carbocycles. The van der Waals surface area contributed by atoms with Gasteiger partial charge in [0.2, 0.25) is 0 Å². The van der Waals surface area contributed by atoms with Gasteiger partial charge < -0.3 is 20.5 Å². The summed E-state index contributed by atoms with van der Waals surface area (Å²) in [5, 5.41) is 3.25. The smallest absolute Gasteiger partial charge is 0.262 e. The number of aromatic nitrogens is 1. The molecule has 0 atom stereocenters. The Balaban J connectivity index is 1.71. The van der Waals surface area contributed by atoms with Crippen molar-refractivity contribution in [1.29, 1.82) is 0 Å². The maximum absolute atomic E-state index is 12.1. The molecular weight excluding hydrogens is 326 g/mol. The van der Waals surface area contributed by atoms with Gasteiger partial charge in [-0.25, -0.2) is 4.98 Å². The van der Waals surface area contributed by atoms with Crippen LogP contribution in [0.2, 0.25) is 0 Å². The van der Waals surface area contributed by atoms with Crippen LogP contribution in [-0.4, -0.2) is 24.6 Å². The SMILES string of the molecule is COc1cc(NC(=O)COc2cccc(C)c2)cc2sc(N)nc12. The summed E-state index contributed by atoms with van der Waals surface area (Å²) in [4.78, 5) is 16.3. The van der Waals surface area contributed by atoms with Crippen LogP contribution in [0, 0.1) is 6.92 Å². The molecule has 7 heteroatoms. The summed E-state index contributed by atoms with van der Waals surface area (Å²) in [5.41, 5.74) is 8.11. The molecule has 3 N–H and O–H groups in total. The van der Waals surface area contributed by atoms with E-state index < -0.39 is 0 Å². The van der Waals surface area contributed by atoms with Gasteiger partial charge in [0.15, 0.2) is 11.7 Å². The van der Waals surface area contributed by atoms with Gasteiger partial charge in [-0.15, -0.1) is 0 Å². The molecule has 0 saturated carbocycles. The first-order valence-corrected chi connectivity index (χ1v) is 8.10. The zero-order chi connectivity index (χ0) is 17.1. The first-order chi connectivity index (χ1) is 11.5. The molecule has 0 unspecified atom stereocenters. The second-order valence-electron chi connectivity index (χ2n) is 5.23. The molecule has 0 aliphatic carbocycles. The van der Waals surface area contributed by atoms with E-state index in [1.807, 2.05) is 37.3 Å². The van der Waals surface area contributed by atoms with E-state index in [9.17, 15) is 4.79 Å². The second kappa shape index (κ2) is 6.76. The fourth-order valence-corrected chi connectivity index (χ4v) is 3.09. The van der Waals surface area contributed by atoms with Crippen LogP contribution < -0.4 is 20.5 Å². The molecule has 0 saturated heterocycles. The molecule has 24 heavy (non-hydrogen) atoms. The van der Waals surface area contributed by atoms with Crippen LogP contribution in [0.3, 0.4) is 0 Å². The van der Waals surface area contributed by atoms with Crippen LogP contribution >= 0.6 is 11.3 Å². The van der Waals surface area contributed by atoms with Gasteiger partial charge in [0, 0.05) is 11.8 Å². The highest BCUT2D eigenvalue weighted by atomic mass is 32.1. The van der Waals surface area contributed by atoms with Gasteiger partial charge >= 0.3 is 0 Å². The lowest BCUT2D eigenvalue weighted by atomic mass is 10.2. The van der Waals surface area contributed by atoms with Crippen LogP contribution in [0.5, 0.6) is 11.5 Å². The Bertz CT molecular complexity index is 892. The van der Waals surface area contributed by atoms with E-state index in [1.165, 1.54) is 11.3 Å². The first-order valence-electron chi connectivity index (χ1n) is 7.28. The number of ether oxygens (including phenoxy) is 2. The number of methoxy groups -OCH3 is 1. The maximum Gasteiger partial charge on any atom is 0.262 e. The highest BCUT2D eigenvalue weighted by Crippen LogP contribution is 2.34. The summed E-state index contributed by atoms with van der Waals surface area (Å²) < 4.78 is 11.7. The van der Waals surface area contributed by atoms with E-state index in [0.717, 1.165) is 10.3 Å². The van der Waals surface area contributed by atoms with Crippen molar-refractivity contribution in [2.75, 3.05) is 24.8 Å². The molecule has 6 nitrogen and oxygen atoms in total. The minimum atomic E-state index is -0.254. The predicted molar refractivity (Wildman–Crippen MR) is 95.9 cm³/mol. The van der Waals surface area contributed by atoms with Crippen LogP contribution in [0.4, 0.5) is 10.8 Å². The maximum atomic E-state index is 12.1. The van der Waals surface area contributed by atoms with Crippen molar-refractivity contribution in [2.45, 2.75) is 6.92 Å². The van der Waals surface area contributed by atoms with Crippen LogP contribution in [-0.2, 0) is 4.79 Å². The number of benzene rings is 2. The van der Waals surface area contributed by atoms with Crippen molar-refractivity contribution in [3.05, 3.63) is 42.0 Å². The van der Waals surface area contributed by atoms with E-state index in [0.29, 0.717) is 27.8 Å². The van der Waals surface area contributed by atoms with Crippen molar-refractivity contribution in [3.8, 4) is 11.5 Å². The monoisotopic (exact) mass is 343 g/mol. The van der Waals surface area contributed by atoms with E-state index in [1.54, 1.807) is 13.2 Å². The zero-order valence-electron chi connectivity index (χ0n) is 13.3. The number of hydrogen-bond donors (Lipinski definition) is 2. The lowest BCUT2D eigenvalue weighted by molar-refractivity contribution is -0.118. The number of hydrogen-bond acceptors (Lipinski definition) is 6. The number of amides is 1. The number of nitrogens with one attached hydrogen (secondary N) is 1. The van der Waals surface area contributed by atoms with Crippen molar-refractivity contribution in [1.82, 2.24) is 4.98 Å². The van der Waals surface area contributed by atoms with Crippen molar-refractivity contribution in [2.24, 2.45) is 0 Å². The topological polar surface area (TPSA) is 86.5 Å². The summed E-state index contributed by atoms with van der Waals surface area (Å²) in [6, 6.07) is 11.1. The Kier molecular flexibility index (Phi) is 4.52. The molecule has 3 rings (SSSR count). The molecule has 0 bridgehead atoms. The standard InChI is InChI=1S/C17H17N3O3S/c1-10-4-3-5-12(6-10)23-9-15(21)19-11-7-13(22-2)16-14(8-11)24-17(18)20-16/h3-8H,9H2,1-2H3,(H2,18,20)(H,19,21). The Hall–Kier alpha value is -2.80. The summed E-state index contributed by atoms with van der Waals surface area (Å²) in [5.74, 6) is 0.971. The third-order valence-corrected chi connectivity index (χ3v) is 4.17. The molecular formula is C17H17N3O3S. The minimum Gasteiger partial charge on any atom is -0.494 e. The number of fused-ring (bicyclic) bond motifs is 1. The Morgan fingerprint density at radius 2 is 2.17 bits per heavy atom. The molecule has 124 valence electrons. The van der Waals surface area contributed by atoms with Gasteiger partial charge in [-0.05, 0) is 30.7 Å². The van der Waals surface area contributed by atoms with Gasteiger partial charge in [-0.2, -0.15) is 0 Å². The molecule has 1 heterocycles. The number of thiazole rings is 1. The normalized spacial score (nSPS) is 10.6. The second-order valence-corrected chi connectivity index (χ2v) is 6.29. The van der Waals surface area contributed by atoms with E-state index in [4.69, 9.17) is 15.2 Å². The average molecular weight is 343 g/mol. The van der Waals surface area contributed by atoms with E-state index >= 15 is 0 Å². The van der Waals surface area contributed by atoms with Gasteiger partial charge in [-0.3, -0.25) is 4.79 Å². The third kappa shape index (κ3) is 3.57. The molecule has 0 aliphatic heterocycles. The first kappa shape index (κ1) is 16.1. The van der Waals surface area contributed by atoms with Crippen LogP contribution in [0.1, 0.15) is 5.56 Å². The molecule has 3 aromatic rings. The lowest BCUT2D eigenvalue weighted by Crippen LogP contribution is -2.20. The highest BCUT2D eigenvalue weighted by Gasteiger charge is 2.12. The Labute approximate surface area is 143 Å². The fourth-order valence-electron chi connectivity index (χ4n) is 2.29. The van der Waals surface area contributed by atoms with Gasteiger partial charge in [0.25, 0.3) is 5.91 Å². The lowest BCUT2D eigenvalue weighted by Gasteiger charge is -2.09. The van der Waals surface area contributed by atoms with Gasteiger partial charge in [0.1, 0.15) is 17.0 Å². The van der Waals surface area contributed by atoms with E-state index in [2.05, 4.69) is 10.3 Å². The third-order valence-electron chi connectivity index (χ3n) is 3.34. The number of rotatable bonds is 5. The minimum absolute atomic E-state index is 0.0748. The number of anilines is 2. The van der Waals surface area contributed by atoms with Gasteiger partial charge in [-0.1, -0.05) is 23.5 Å². The summed E-state index contributed by atoms with van der Waals surface area (Å²) in [6.45, 7) is 1.89. The summed E-state index contributed by atoms with van der Waals surface area (Å²) >= 11 is 1.34. The largest absolute Gasteiger partial charge is 0.494 e. The Morgan fingerprint density at radius 1 is 1.33 bits per heavy atom. The average Bonchev–Trinajstić information content (AvgIpc) is 2.92. The molecule has 0 radical (unpaired) electrons. The van der Waals surface area contributed by atoms with Crippen molar-refractivity contribution < 1.29 is 14.3 Å². The highest BCUT2D eigenvalue weighted by molar-refractivity contribution is 7.22. The number of carbonyl (C=O) groups excluding carboxylic acids is 1. The number of nitrogen functional groups attached to an aromatic ring is 1. The number of nitrogens with two attached hydrogens (primary N) is 1.